The van der Waals surface area contributed by atoms with Gasteiger partial charge < -0.3 is 5.32 Å². The van der Waals surface area contributed by atoms with Gasteiger partial charge >= 0.3 is 0 Å². The van der Waals surface area contributed by atoms with Crippen molar-refractivity contribution in [1.29, 1.82) is 0 Å². The molecule has 2 aromatic carbocycles. The highest BCUT2D eigenvalue weighted by atomic mass is 32.2. The van der Waals surface area contributed by atoms with Crippen LogP contribution in [0.25, 0.3) is 6.08 Å². The molecule has 1 heterocycles. The molecule has 126 valence electrons. The molecule has 6 nitrogen and oxygen atoms in total. The van der Waals surface area contributed by atoms with Crippen molar-refractivity contribution in [1.82, 2.24) is 5.32 Å². The van der Waals surface area contributed by atoms with Crippen molar-refractivity contribution in [3.63, 3.8) is 0 Å². The Balaban J connectivity index is 1.90. The van der Waals surface area contributed by atoms with Crippen LogP contribution in [0.3, 0.4) is 0 Å². The number of amidine groups is 1. The second-order valence-electron chi connectivity index (χ2n) is 5.59. The number of rotatable bonds is 3. The zero-order valence-electron chi connectivity index (χ0n) is 13.6. The molecule has 0 radical (unpaired) electrons. The molecule has 1 aliphatic heterocycles. The smallest absolute Gasteiger partial charge is 0.276 e. The molecule has 25 heavy (non-hydrogen) atoms. The number of para-hydroxylation sites is 1. The molecule has 0 aliphatic carbocycles. The van der Waals surface area contributed by atoms with E-state index in [1.54, 1.807) is 18.2 Å². The Hall–Kier alpha value is -2.93. The number of amides is 1. The normalized spacial score (nSPS) is 17.1. The lowest BCUT2D eigenvalue weighted by molar-refractivity contribution is -0.385. The van der Waals surface area contributed by atoms with Crippen LogP contribution in [0.4, 0.5) is 11.4 Å². The van der Waals surface area contributed by atoms with E-state index in [2.05, 4.69) is 10.3 Å². The number of carbonyl (C=O) groups is 1. The van der Waals surface area contributed by atoms with Gasteiger partial charge in [0.05, 0.1) is 21.1 Å². The van der Waals surface area contributed by atoms with Crippen LogP contribution in [0.15, 0.2) is 52.4 Å². The lowest BCUT2D eigenvalue weighted by Gasteiger charge is -2.02. The summed E-state index contributed by atoms with van der Waals surface area (Å²) < 4.78 is 0. The van der Waals surface area contributed by atoms with Crippen LogP contribution in [0.1, 0.15) is 16.7 Å². The predicted octanol–water partition coefficient (Wildman–Crippen LogP) is 4.10. The molecular formula is C18H15N3O3S. The molecule has 0 saturated carbocycles. The second-order valence-corrected chi connectivity index (χ2v) is 6.62. The highest BCUT2D eigenvalue weighted by molar-refractivity contribution is 8.18. The number of benzene rings is 2. The van der Waals surface area contributed by atoms with Crippen molar-refractivity contribution in [2.75, 3.05) is 0 Å². The summed E-state index contributed by atoms with van der Waals surface area (Å²) in [6, 6.07) is 12.2. The summed E-state index contributed by atoms with van der Waals surface area (Å²) in [7, 11) is 0. The Bertz CT molecular complexity index is 935. The minimum absolute atomic E-state index is 0.0387. The molecule has 2 aromatic rings. The molecule has 0 aromatic heterocycles. The molecule has 0 bridgehead atoms. The van der Waals surface area contributed by atoms with E-state index >= 15 is 0 Å². The molecule has 1 saturated heterocycles. The first-order valence-electron chi connectivity index (χ1n) is 7.54. The van der Waals surface area contributed by atoms with E-state index in [1.165, 1.54) is 23.9 Å². The van der Waals surface area contributed by atoms with Gasteiger partial charge in [-0.15, -0.1) is 0 Å². The molecule has 0 atom stereocenters. The zero-order chi connectivity index (χ0) is 18.0. The summed E-state index contributed by atoms with van der Waals surface area (Å²) in [5.74, 6) is -0.313. The van der Waals surface area contributed by atoms with Crippen molar-refractivity contribution in [2.24, 2.45) is 4.99 Å². The van der Waals surface area contributed by atoms with Crippen LogP contribution in [0.2, 0.25) is 0 Å². The van der Waals surface area contributed by atoms with Gasteiger partial charge in [0, 0.05) is 6.07 Å². The van der Waals surface area contributed by atoms with Gasteiger partial charge in [-0.1, -0.05) is 29.8 Å². The first-order chi connectivity index (χ1) is 11.9. The van der Waals surface area contributed by atoms with Gasteiger partial charge in [0.2, 0.25) is 0 Å². The third kappa shape index (κ3) is 3.77. The van der Waals surface area contributed by atoms with Crippen LogP contribution in [0.5, 0.6) is 0 Å². The molecule has 1 amide bonds. The maximum absolute atomic E-state index is 12.1. The number of nitro groups is 1. The Morgan fingerprint density at radius 2 is 1.96 bits per heavy atom. The standard InChI is InChI=1S/C18H15N3O3S/c1-11-7-8-14(12(2)9-11)19-18-20-17(22)16(25-18)10-13-5-3-4-6-15(13)21(23)24/h3-10H,1-2H3,(H,19,20,22)/b16-10-. The maximum Gasteiger partial charge on any atom is 0.276 e. The minimum atomic E-state index is -0.464. The van der Waals surface area contributed by atoms with Gasteiger partial charge in [-0.3, -0.25) is 14.9 Å². The Labute approximate surface area is 148 Å². The maximum atomic E-state index is 12.1. The first-order valence-corrected chi connectivity index (χ1v) is 8.36. The molecule has 1 fully saturated rings. The number of hydrogen-bond acceptors (Lipinski definition) is 5. The fourth-order valence-corrected chi connectivity index (χ4v) is 3.26. The van der Waals surface area contributed by atoms with Crippen LogP contribution in [0, 0.1) is 24.0 Å². The number of carbonyl (C=O) groups excluding carboxylic acids is 1. The summed E-state index contributed by atoms with van der Waals surface area (Å²) in [4.78, 5) is 27.6. The van der Waals surface area contributed by atoms with E-state index in [0.717, 1.165) is 16.8 Å². The topological polar surface area (TPSA) is 84.6 Å². The van der Waals surface area contributed by atoms with Gasteiger partial charge in [0.15, 0.2) is 5.17 Å². The van der Waals surface area contributed by atoms with E-state index in [-0.39, 0.29) is 11.6 Å². The largest absolute Gasteiger partial charge is 0.300 e. The third-order valence-electron chi connectivity index (χ3n) is 3.65. The summed E-state index contributed by atoms with van der Waals surface area (Å²) in [5, 5.41) is 14.3. The van der Waals surface area contributed by atoms with Gasteiger partial charge in [-0.25, -0.2) is 4.99 Å². The molecule has 3 rings (SSSR count). The Kier molecular flexibility index (Phi) is 4.67. The number of hydrogen-bond donors (Lipinski definition) is 1. The fraction of sp³-hybridized carbons (Fsp3) is 0.111. The Morgan fingerprint density at radius 3 is 2.68 bits per heavy atom. The number of aryl methyl sites for hydroxylation is 2. The van der Waals surface area contributed by atoms with E-state index in [0.29, 0.717) is 15.6 Å². The predicted molar refractivity (Wildman–Crippen MR) is 99.8 cm³/mol. The van der Waals surface area contributed by atoms with E-state index < -0.39 is 4.92 Å². The average Bonchev–Trinajstić information content (AvgIpc) is 2.90. The molecule has 0 unspecified atom stereocenters. The number of aliphatic imine (C=N–C) groups is 1. The zero-order valence-corrected chi connectivity index (χ0v) is 14.5. The average molecular weight is 353 g/mol. The van der Waals surface area contributed by atoms with Crippen molar-refractivity contribution in [2.45, 2.75) is 13.8 Å². The summed E-state index contributed by atoms with van der Waals surface area (Å²) in [6.45, 7) is 3.96. The van der Waals surface area contributed by atoms with E-state index in [4.69, 9.17) is 0 Å². The molecule has 1 aliphatic rings. The van der Waals surface area contributed by atoms with Gasteiger partial charge in [0.1, 0.15) is 0 Å². The highest BCUT2D eigenvalue weighted by Crippen LogP contribution is 2.31. The van der Waals surface area contributed by atoms with Crippen LogP contribution in [-0.4, -0.2) is 16.0 Å². The quantitative estimate of drug-likeness (QED) is 0.511. The monoisotopic (exact) mass is 353 g/mol. The van der Waals surface area contributed by atoms with Gasteiger partial charge in [-0.2, -0.15) is 0 Å². The van der Waals surface area contributed by atoms with Crippen molar-refractivity contribution < 1.29 is 9.72 Å². The SMILES string of the molecule is Cc1ccc(N=C2NC(=O)/C(=C/c3ccccc3[N+](=O)[O-])S2)c(C)c1. The summed E-state index contributed by atoms with van der Waals surface area (Å²) in [5.41, 5.74) is 3.28. The highest BCUT2D eigenvalue weighted by Gasteiger charge is 2.25. The number of nitro benzene ring substituents is 1. The Morgan fingerprint density at radius 1 is 1.20 bits per heavy atom. The first kappa shape index (κ1) is 16.9. The molecular weight excluding hydrogens is 338 g/mol. The van der Waals surface area contributed by atoms with Crippen LogP contribution >= 0.6 is 11.8 Å². The third-order valence-corrected chi connectivity index (χ3v) is 4.56. The number of thioether (sulfide) groups is 1. The molecule has 0 spiro atoms. The van der Waals surface area contributed by atoms with Crippen molar-refractivity contribution in [3.05, 3.63) is 74.2 Å². The van der Waals surface area contributed by atoms with Crippen molar-refractivity contribution in [3.8, 4) is 0 Å². The van der Waals surface area contributed by atoms with Crippen LogP contribution in [-0.2, 0) is 4.79 Å². The van der Waals surface area contributed by atoms with E-state index in [9.17, 15) is 14.9 Å². The second kappa shape index (κ2) is 6.90. The van der Waals surface area contributed by atoms with Gasteiger partial charge in [-0.05, 0) is 49.4 Å². The lowest BCUT2D eigenvalue weighted by Crippen LogP contribution is -2.19. The van der Waals surface area contributed by atoms with Gasteiger partial charge in [0.25, 0.3) is 11.6 Å². The molecule has 1 N–H and O–H groups in total. The number of nitrogens with zero attached hydrogens (tertiary/aromatic N) is 2. The van der Waals surface area contributed by atoms with Crippen LogP contribution < -0.4 is 5.32 Å². The minimum Gasteiger partial charge on any atom is -0.300 e. The number of nitrogens with one attached hydrogen (secondary N) is 1. The van der Waals surface area contributed by atoms with Crippen molar-refractivity contribution >= 4 is 40.3 Å². The van der Waals surface area contributed by atoms with E-state index in [1.807, 2.05) is 32.0 Å². The fourth-order valence-electron chi connectivity index (χ4n) is 2.44. The summed E-state index contributed by atoms with van der Waals surface area (Å²) in [6.07, 6.45) is 1.52. The molecule has 7 heteroatoms. The summed E-state index contributed by atoms with van der Waals surface area (Å²) >= 11 is 1.17. The lowest BCUT2D eigenvalue weighted by atomic mass is 10.1.